The van der Waals surface area contributed by atoms with Gasteiger partial charge in [0.05, 0.1) is 25.0 Å². The molecule has 2 heterocycles. The number of halogens is 1. The normalized spacial score (nSPS) is 11.2. The van der Waals surface area contributed by atoms with Crippen molar-refractivity contribution in [3.63, 3.8) is 0 Å². The van der Waals surface area contributed by atoms with Gasteiger partial charge in [-0.05, 0) is 53.9 Å². The van der Waals surface area contributed by atoms with Crippen molar-refractivity contribution in [1.82, 2.24) is 15.0 Å². The molecule has 202 valence electrons. The Hall–Kier alpha value is -4.28. The molecular weight excluding hydrogens is 592 g/mol. The van der Waals surface area contributed by atoms with Crippen LogP contribution in [0.25, 0.3) is 21.3 Å². The summed E-state index contributed by atoms with van der Waals surface area (Å²) in [6.07, 6.45) is 2.90. The monoisotopic (exact) mass is 616 g/mol. The SMILES string of the molecule is COc1cc(/C=N/NC(=O)Cn2cnc3sc(C)c(-c4ccccc4)c3c2=O)ccc1OCc1ccc(Br)cc1. The molecule has 0 fully saturated rings. The van der Waals surface area contributed by atoms with Crippen LogP contribution >= 0.6 is 27.3 Å². The molecule has 0 aliphatic heterocycles. The van der Waals surface area contributed by atoms with Crippen LogP contribution in [0.3, 0.4) is 0 Å². The van der Waals surface area contributed by atoms with Gasteiger partial charge in [-0.25, -0.2) is 10.4 Å². The Bertz CT molecular complexity index is 1750. The highest BCUT2D eigenvalue weighted by Crippen LogP contribution is 2.35. The van der Waals surface area contributed by atoms with Gasteiger partial charge in [0.1, 0.15) is 18.0 Å². The fraction of sp³-hybridized carbons (Fsp3) is 0.133. The van der Waals surface area contributed by atoms with E-state index in [2.05, 4.69) is 31.4 Å². The van der Waals surface area contributed by atoms with Gasteiger partial charge in [0.2, 0.25) is 0 Å². The van der Waals surface area contributed by atoms with Gasteiger partial charge >= 0.3 is 0 Å². The third kappa shape index (κ3) is 6.13. The molecule has 1 amide bonds. The zero-order chi connectivity index (χ0) is 28.1. The molecule has 5 aromatic rings. The highest BCUT2D eigenvalue weighted by Gasteiger charge is 2.17. The van der Waals surface area contributed by atoms with Crippen LogP contribution in [-0.4, -0.2) is 28.8 Å². The Balaban J connectivity index is 1.25. The molecule has 10 heteroatoms. The van der Waals surface area contributed by atoms with Crippen molar-refractivity contribution < 1.29 is 14.3 Å². The van der Waals surface area contributed by atoms with E-state index in [0.29, 0.717) is 33.9 Å². The summed E-state index contributed by atoms with van der Waals surface area (Å²) in [6.45, 7) is 2.15. The predicted molar refractivity (Wildman–Crippen MR) is 161 cm³/mol. The van der Waals surface area contributed by atoms with E-state index < -0.39 is 5.91 Å². The molecule has 0 atom stereocenters. The number of thiophene rings is 1. The second-order valence-electron chi connectivity index (χ2n) is 8.88. The Morgan fingerprint density at radius 1 is 1.10 bits per heavy atom. The standard InChI is InChI=1S/C30H25BrN4O4S/c1-19-27(22-6-4-3-5-7-22)28-29(40-19)32-18-35(30(28)37)16-26(36)34-33-15-21-10-13-24(25(14-21)38-2)39-17-20-8-11-23(31)12-9-20/h3-15,18H,16-17H2,1-2H3,(H,34,36)/b33-15+. The molecule has 8 nitrogen and oxygen atoms in total. The lowest BCUT2D eigenvalue weighted by Crippen LogP contribution is -2.30. The molecule has 0 aliphatic rings. The van der Waals surface area contributed by atoms with Crippen LogP contribution < -0.4 is 20.5 Å². The Morgan fingerprint density at radius 2 is 1.88 bits per heavy atom. The molecule has 0 spiro atoms. The largest absolute Gasteiger partial charge is 0.493 e. The Labute approximate surface area is 243 Å². The molecule has 0 unspecified atom stereocenters. The van der Waals surface area contributed by atoms with Gasteiger partial charge in [0.15, 0.2) is 11.5 Å². The average molecular weight is 618 g/mol. The van der Waals surface area contributed by atoms with E-state index in [1.54, 1.807) is 25.3 Å². The minimum absolute atomic E-state index is 0.214. The van der Waals surface area contributed by atoms with E-state index in [0.717, 1.165) is 26.0 Å². The maximum absolute atomic E-state index is 13.3. The maximum atomic E-state index is 13.3. The number of hydrogen-bond donors (Lipinski definition) is 1. The fourth-order valence-electron chi connectivity index (χ4n) is 4.20. The number of benzene rings is 3. The number of aromatic nitrogens is 2. The molecule has 0 bridgehead atoms. The molecule has 40 heavy (non-hydrogen) atoms. The van der Waals surface area contributed by atoms with Gasteiger partial charge in [-0.3, -0.25) is 14.2 Å². The average Bonchev–Trinajstić information content (AvgIpc) is 3.31. The van der Waals surface area contributed by atoms with Crippen molar-refractivity contribution in [2.75, 3.05) is 7.11 Å². The minimum atomic E-state index is -0.450. The molecule has 5 rings (SSSR count). The molecule has 0 saturated heterocycles. The summed E-state index contributed by atoms with van der Waals surface area (Å²) in [5.41, 5.74) is 5.73. The van der Waals surface area contributed by atoms with Gasteiger partial charge in [-0.2, -0.15) is 5.10 Å². The summed E-state index contributed by atoms with van der Waals surface area (Å²) in [5.74, 6) is 0.681. The highest BCUT2D eigenvalue weighted by molar-refractivity contribution is 9.10. The van der Waals surface area contributed by atoms with Crippen molar-refractivity contribution in [2.45, 2.75) is 20.1 Å². The number of hydrazone groups is 1. The number of methoxy groups -OCH3 is 1. The van der Waals surface area contributed by atoms with E-state index >= 15 is 0 Å². The third-order valence-corrected chi connectivity index (χ3v) is 7.67. The zero-order valence-corrected chi connectivity index (χ0v) is 24.2. The lowest BCUT2D eigenvalue weighted by Gasteiger charge is -2.11. The van der Waals surface area contributed by atoms with Crippen LogP contribution in [0, 0.1) is 6.92 Å². The number of carbonyl (C=O) groups excluding carboxylic acids is 1. The first-order valence-corrected chi connectivity index (χ1v) is 13.9. The van der Waals surface area contributed by atoms with E-state index in [-0.39, 0.29) is 12.1 Å². The Kier molecular flexibility index (Phi) is 8.37. The second-order valence-corrected chi connectivity index (χ2v) is 11.0. The van der Waals surface area contributed by atoms with Crippen LogP contribution in [0.5, 0.6) is 11.5 Å². The highest BCUT2D eigenvalue weighted by atomic mass is 79.9. The molecule has 0 radical (unpaired) electrons. The number of fused-ring (bicyclic) bond motifs is 1. The van der Waals surface area contributed by atoms with Gasteiger partial charge in [0, 0.05) is 14.9 Å². The third-order valence-electron chi connectivity index (χ3n) is 6.13. The van der Waals surface area contributed by atoms with Crippen molar-refractivity contribution in [3.8, 4) is 22.6 Å². The van der Waals surface area contributed by atoms with E-state index in [1.165, 1.54) is 28.4 Å². The molecule has 3 aromatic carbocycles. The van der Waals surface area contributed by atoms with Crippen molar-refractivity contribution >= 4 is 49.6 Å². The summed E-state index contributed by atoms with van der Waals surface area (Å²) in [4.78, 5) is 32.0. The molecule has 2 aromatic heterocycles. The summed E-state index contributed by atoms with van der Waals surface area (Å²) in [6, 6.07) is 22.9. The first-order chi connectivity index (χ1) is 19.4. The van der Waals surface area contributed by atoms with E-state index in [9.17, 15) is 9.59 Å². The van der Waals surface area contributed by atoms with Gasteiger partial charge in [-0.15, -0.1) is 11.3 Å². The van der Waals surface area contributed by atoms with Crippen LogP contribution in [0.4, 0.5) is 0 Å². The number of rotatable bonds is 9. The molecular formula is C30H25BrN4O4S. The number of aryl methyl sites for hydroxylation is 1. The number of hydrogen-bond acceptors (Lipinski definition) is 7. The number of amides is 1. The van der Waals surface area contributed by atoms with Crippen molar-refractivity contribution in [2.24, 2.45) is 5.10 Å². The topological polar surface area (TPSA) is 94.8 Å². The summed E-state index contributed by atoms with van der Waals surface area (Å²) >= 11 is 4.89. The quantitative estimate of drug-likeness (QED) is 0.163. The maximum Gasteiger partial charge on any atom is 0.263 e. The molecule has 0 aliphatic carbocycles. The van der Waals surface area contributed by atoms with Crippen LogP contribution in [-0.2, 0) is 17.9 Å². The number of carbonyl (C=O) groups is 1. The summed E-state index contributed by atoms with van der Waals surface area (Å²) in [5, 5.41) is 4.56. The number of nitrogens with zero attached hydrogens (tertiary/aromatic N) is 3. The number of ether oxygens (including phenoxy) is 2. The smallest absolute Gasteiger partial charge is 0.263 e. The molecule has 1 N–H and O–H groups in total. The first kappa shape index (κ1) is 27.3. The van der Waals surface area contributed by atoms with Crippen molar-refractivity contribution in [3.05, 3.63) is 110 Å². The van der Waals surface area contributed by atoms with Gasteiger partial charge in [0.25, 0.3) is 11.5 Å². The lowest BCUT2D eigenvalue weighted by atomic mass is 10.0. The van der Waals surface area contributed by atoms with Gasteiger partial charge in [-0.1, -0.05) is 58.4 Å². The predicted octanol–water partition coefficient (Wildman–Crippen LogP) is 5.93. The van der Waals surface area contributed by atoms with E-state index in [4.69, 9.17) is 9.47 Å². The lowest BCUT2D eigenvalue weighted by molar-refractivity contribution is -0.121. The van der Waals surface area contributed by atoms with Crippen LogP contribution in [0.15, 0.2) is 93.5 Å². The molecule has 0 saturated carbocycles. The summed E-state index contributed by atoms with van der Waals surface area (Å²) < 4.78 is 13.7. The van der Waals surface area contributed by atoms with Crippen molar-refractivity contribution in [1.29, 1.82) is 0 Å². The minimum Gasteiger partial charge on any atom is -0.493 e. The fourth-order valence-corrected chi connectivity index (χ4v) is 5.46. The second kappa shape index (κ2) is 12.3. The Morgan fingerprint density at radius 3 is 2.62 bits per heavy atom. The zero-order valence-electron chi connectivity index (χ0n) is 21.8. The van der Waals surface area contributed by atoms with Gasteiger partial charge < -0.3 is 9.47 Å². The number of nitrogens with one attached hydrogen (secondary N) is 1. The van der Waals surface area contributed by atoms with E-state index in [1.807, 2.05) is 61.5 Å². The first-order valence-electron chi connectivity index (χ1n) is 12.3. The summed E-state index contributed by atoms with van der Waals surface area (Å²) in [7, 11) is 1.56. The van der Waals surface area contributed by atoms with Crippen LogP contribution in [0.2, 0.25) is 0 Å². The van der Waals surface area contributed by atoms with Crippen LogP contribution in [0.1, 0.15) is 16.0 Å².